The first-order valence-corrected chi connectivity index (χ1v) is 6.78. The molecule has 6 nitrogen and oxygen atoms in total. The molecule has 1 aromatic rings. The summed E-state index contributed by atoms with van der Waals surface area (Å²) in [7, 11) is -3.53. The van der Waals surface area contributed by atoms with Crippen LogP contribution in [0.4, 0.5) is 0 Å². The number of sulfonamides is 1. The van der Waals surface area contributed by atoms with Crippen molar-refractivity contribution in [3.05, 3.63) is 17.6 Å². The minimum atomic E-state index is -3.53. The third kappa shape index (κ3) is 2.37. The SMILES string of the molecule is Cc1oc(CO)cc1S(=O)(=O)N1CCOCC1. The number of aliphatic hydroxyl groups excluding tert-OH is 1. The highest BCUT2D eigenvalue weighted by Gasteiger charge is 2.29. The lowest BCUT2D eigenvalue weighted by molar-refractivity contribution is 0.0730. The quantitative estimate of drug-likeness (QED) is 0.834. The Morgan fingerprint density at radius 2 is 2.06 bits per heavy atom. The molecule has 1 fully saturated rings. The Labute approximate surface area is 99.8 Å². The molecule has 0 atom stereocenters. The zero-order valence-corrected chi connectivity index (χ0v) is 10.4. The number of furan rings is 1. The van der Waals surface area contributed by atoms with E-state index in [1.54, 1.807) is 6.92 Å². The Kier molecular flexibility index (Phi) is 3.53. The number of rotatable bonds is 3. The topological polar surface area (TPSA) is 80.0 Å². The van der Waals surface area contributed by atoms with Gasteiger partial charge in [0.25, 0.3) is 0 Å². The first-order valence-electron chi connectivity index (χ1n) is 5.34. The van der Waals surface area contributed by atoms with Gasteiger partial charge in [-0.05, 0) is 6.92 Å². The smallest absolute Gasteiger partial charge is 0.246 e. The van der Waals surface area contributed by atoms with E-state index >= 15 is 0 Å². The summed E-state index contributed by atoms with van der Waals surface area (Å²) in [6.07, 6.45) is 0. The van der Waals surface area contributed by atoms with Gasteiger partial charge in [0.05, 0.1) is 13.2 Å². The number of hydrogen-bond donors (Lipinski definition) is 1. The van der Waals surface area contributed by atoms with Gasteiger partial charge in [-0.15, -0.1) is 0 Å². The zero-order valence-electron chi connectivity index (χ0n) is 9.55. The molecule has 0 amide bonds. The van der Waals surface area contributed by atoms with Crippen LogP contribution in [0, 0.1) is 6.92 Å². The Morgan fingerprint density at radius 1 is 1.41 bits per heavy atom. The molecule has 0 radical (unpaired) electrons. The summed E-state index contributed by atoms with van der Waals surface area (Å²) in [6, 6.07) is 1.38. The maximum atomic E-state index is 12.3. The summed E-state index contributed by atoms with van der Waals surface area (Å²) >= 11 is 0. The Hall–Kier alpha value is -0.890. The van der Waals surface area contributed by atoms with Gasteiger partial charge >= 0.3 is 0 Å². The van der Waals surface area contributed by atoms with E-state index in [1.165, 1.54) is 10.4 Å². The molecule has 0 aliphatic carbocycles. The van der Waals surface area contributed by atoms with E-state index in [4.69, 9.17) is 14.3 Å². The van der Waals surface area contributed by atoms with Gasteiger partial charge < -0.3 is 14.3 Å². The molecular formula is C10H15NO5S. The lowest BCUT2D eigenvalue weighted by Crippen LogP contribution is -2.40. The Bertz CT molecular complexity index is 487. The predicted octanol–water partition coefficient (Wildman–Crippen LogP) is 0.101. The highest BCUT2D eigenvalue weighted by molar-refractivity contribution is 7.89. The zero-order chi connectivity index (χ0) is 12.5. The molecule has 0 saturated carbocycles. The summed E-state index contributed by atoms with van der Waals surface area (Å²) in [5.41, 5.74) is 0. The van der Waals surface area contributed by atoms with Gasteiger partial charge in [-0.25, -0.2) is 8.42 Å². The number of nitrogens with zero attached hydrogens (tertiary/aromatic N) is 1. The van der Waals surface area contributed by atoms with Gasteiger partial charge in [0.1, 0.15) is 23.0 Å². The van der Waals surface area contributed by atoms with E-state index < -0.39 is 10.0 Å². The van der Waals surface area contributed by atoms with E-state index in [-0.39, 0.29) is 17.3 Å². The van der Waals surface area contributed by atoms with Crippen LogP contribution in [-0.2, 0) is 21.4 Å². The summed E-state index contributed by atoms with van der Waals surface area (Å²) < 4.78 is 36.2. The molecule has 1 N–H and O–H groups in total. The van der Waals surface area contributed by atoms with Gasteiger partial charge in [-0.2, -0.15) is 4.31 Å². The molecule has 96 valence electrons. The highest BCUT2D eigenvalue weighted by atomic mass is 32.2. The monoisotopic (exact) mass is 261 g/mol. The van der Waals surface area contributed by atoms with E-state index in [0.29, 0.717) is 32.1 Å². The van der Waals surface area contributed by atoms with Crippen LogP contribution in [0.5, 0.6) is 0 Å². The minimum Gasteiger partial charge on any atom is -0.462 e. The summed E-state index contributed by atoms with van der Waals surface area (Å²) in [5, 5.41) is 8.93. The predicted molar refractivity (Wildman–Crippen MR) is 58.9 cm³/mol. The standard InChI is InChI=1S/C10H15NO5S/c1-8-10(6-9(7-12)16-8)17(13,14)11-2-4-15-5-3-11/h6,12H,2-5,7H2,1H3. The van der Waals surface area contributed by atoms with Crippen LogP contribution in [0.3, 0.4) is 0 Å². The average Bonchev–Trinajstić information content (AvgIpc) is 2.72. The maximum Gasteiger partial charge on any atom is 0.246 e. The van der Waals surface area contributed by atoms with Crippen molar-refractivity contribution in [2.24, 2.45) is 0 Å². The van der Waals surface area contributed by atoms with Crippen LogP contribution >= 0.6 is 0 Å². The number of aliphatic hydroxyl groups is 1. The van der Waals surface area contributed by atoms with Crippen LogP contribution in [0.15, 0.2) is 15.4 Å². The Balaban J connectivity index is 2.33. The summed E-state index contributed by atoms with van der Waals surface area (Å²) in [5.74, 6) is 0.565. The van der Waals surface area contributed by atoms with Gasteiger partial charge in [0.2, 0.25) is 10.0 Å². The molecule has 2 heterocycles. The summed E-state index contributed by atoms with van der Waals surface area (Å²) in [6.45, 7) is 2.78. The lowest BCUT2D eigenvalue weighted by atomic mass is 10.4. The molecule has 1 aliphatic heterocycles. The average molecular weight is 261 g/mol. The molecule has 0 bridgehead atoms. The fourth-order valence-electron chi connectivity index (χ4n) is 1.78. The molecular weight excluding hydrogens is 246 g/mol. The van der Waals surface area contributed by atoms with Crippen LogP contribution < -0.4 is 0 Å². The van der Waals surface area contributed by atoms with E-state index in [1.807, 2.05) is 0 Å². The van der Waals surface area contributed by atoms with Crippen molar-refractivity contribution in [2.75, 3.05) is 26.3 Å². The largest absolute Gasteiger partial charge is 0.462 e. The molecule has 2 rings (SSSR count). The Morgan fingerprint density at radius 3 is 2.59 bits per heavy atom. The van der Waals surface area contributed by atoms with Gasteiger partial charge in [0.15, 0.2) is 0 Å². The van der Waals surface area contributed by atoms with Gasteiger partial charge in [0, 0.05) is 19.2 Å². The van der Waals surface area contributed by atoms with Crippen molar-refractivity contribution in [3.63, 3.8) is 0 Å². The third-order valence-corrected chi connectivity index (χ3v) is 4.67. The first kappa shape index (κ1) is 12.6. The molecule has 0 aromatic carbocycles. The maximum absolute atomic E-state index is 12.3. The third-order valence-electron chi connectivity index (χ3n) is 2.67. The van der Waals surface area contributed by atoms with Crippen molar-refractivity contribution in [3.8, 4) is 0 Å². The molecule has 17 heavy (non-hydrogen) atoms. The van der Waals surface area contributed by atoms with Crippen molar-refractivity contribution in [1.29, 1.82) is 0 Å². The second kappa shape index (κ2) is 4.77. The van der Waals surface area contributed by atoms with Crippen molar-refractivity contribution in [1.82, 2.24) is 4.31 Å². The first-order chi connectivity index (χ1) is 8.05. The van der Waals surface area contributed by atoms with Gasteiger partial charge in [-0.1, -0.05) is 0 Å². The second-order valence-electron chi connectivity index (χ2n) is 3.81. The lowest BCUT2D eigenvalue weighted by Gasteiger charge is -2.25. The number of ether oxygens (including phenoxy) is 1. The van der Waals surface area contributed by atoms with Crippen molar-refractivity contribution in [2.45, 2.75) is 18.4 Å². The van der Waals surface area contributed by atoms with E-state index in [2.05, 4.69) is 0 Å². The van der Waals surface area contributed by atoms with Crippen LogP contribution in [0.2, 0.25) is 0 Å². The summed E-state index contributed by atoms with van der Waals surface area (Å²) in [4.78, 5) is 0.128. The normalized spacial score (nSPS) is 18.5. The van der Waals surface area contributed by atoms with Crippen molar-refractivity contribution < 1.29 is 22.7 Å². The van der Waals surface area contributed by atoms with Crippen LogP contribution in [0.25, 0.3) is 0 Å². The minimum absolute atomic E-state index is 0.128. The van der Waals surface area contributed by atoms with E-state index in [9.17, 15) is 8.42 Å². The van der Waals surface area contributed by atoms with Crippen LogP contribution in [0.1, 0.15) is 11.5 Å². The highest BCUT2D eigenvalue weighted by Crippen LogP contribution is 2.24. The molecule has 0 spiro atoms. The fourth-order valence-corrected chi connectivity index (χ4v) is 3.38. The molecule has 1 aliphatic rings. The van der Waals surface area contributed by atoms with E-state index in [0.717, 1.165) is 0 Å². The number of hydrogen-bond acceptors (Lipinski definition) is 5. The fraction of sp³-hybridized carbons (Fsp3) is 0.600. The number of aryl methyl sites for hydroxylation is 1. The second-order valence-corrected chi connectivity index (χ2v) is 5.71. The molecule has 1 aromatic heterocycles. The molecule has 7 heteroatoms. The molecule has 1 saturated heterocycles. The van der Waals surface area contributed by atoms with Crippen molar-refractivity contribution >= 4 is 10.0 Å². The van der Waals surface area contributed by atoms with Crippen LogP contribution in [-0.4, -0.2) is 44.1 Å². The number of morpholine rings is 1. The molecule has 0 unspecified atom stereocenters. The van der Waals surface area contributed by atoms with Gasteiger partial charge in [-0.3, -0.25) is 0 Å².